The van der Waals surface area contributed by atoms with Crippen LogP contribution in [0.1, 0.15) is 20.3 Å². The first-order chi connectivity index (χ1) is 5.22. The predicted octanol–water partition coefficient (Wildman–Crippen LogP) is 0.134. The van der Waals surface area contributed by atoms with Crippen molar-refractivity contribution >= 4 is 0 Å². The van der Waals surface area contributed by atoms with E-state index in [4.69, 9.17) is 9.84 Å². The number of aliphatic hydroxyl groups excluding tert-OH is 1. The van der Waals surface area contributed by atoms with E-state index in [2.05, 4.69) is 5.32 Å². The summed E-state index contributed by atoms with van der Waals surface area (Å²) in [4.78, 5) is 0. The topological polar surface area (TPSA) is 41.5 Å². The summed E-state index contributed by atoms with van der Waals surface area (Å²) in [6.07, 6.45) is 1.53. The highest BCUT2D eigenvalue weighted by molar-refractivity contribution is 4.81. The van der Waals surface area contributed by atoms with Crippen LogP contribution in [0.5, 0.6) is 0 Å². The second kappa shape index (κ2) is 4.04. The lowest BCUT2D eigenvalue weighted by atomic mass is 10.2. The first-order valence-corrected chi connectivity index (χ1v) is 4.22. The van der Waals surface area contributed by atoms with Crippen LogP contribution in [0.2, 0.25) is 0 Å². The first-order valence-electron chi connectivity index (χ1n) is 4.22. The molecule has 1 aliphatic rings. The van der Waals surface area contributed by atoms with Crippen LogP contribution in [0.15, 0.2) is 0 Å². The largest absolute Gasteiger partial charge is 0.395 e. The van der Waals surface area contributed by atoms with Gasteiger partial charge in [-0.2, -0.15) is 0 Å². The third kappa shape index (κ3) is 2.77. The van der Waals surface area contributed by atoms with E-state index in [0.29, 0.717) is 12.2 Å². The Balaban J connectivity index is 2.19. The van der Waals surface area contributed by atoms with Crippen LogP contribution in [0.25, 0.3) is 0 Å². The molecular weight excluding hydrogens is 142 g/mol. The van der Waals surface area contributed by atoms with Gasteiger partial charge in [-0.05, 0) is 20.3 Å². The van der Waals surface area contributed by atoms with Crippen molar-refractivity contribution in [3.05, 3.63) is 0 Å². The molecule has 1 aliphatic heterocycles. The van der Waals surface area contributed by atoms with E-state index >= 15 is 0 Å². The Bertz CT molecular complexity index is 117. The van der Waals surface area contributed by atoms with Gasteiger partial charge in [0.1, 0.15) is 0 Å². The molecule has 0 aliphatic carbocycles. The zero-order valence-corrected chi connectivity index (χ0v) is 7.21. The van der Waals surface area contributed by atoms with Crippen molar-refractivity contribution in [1.29, 1.82) is 0 Å². The lowest BCUT2D eigenvalue weighted by Gasteiger charge is -2.13. The number of hydrogen-bond donors (Lipinski definition) is 2. The molecule has 11 heavy (non-hydrogen) atoms. The van der Waals surface area contributed by atoms with Gasteiger partial charge in [-0.25, -0.2) is 0 Å². The van der Waals surface area contributed by atoms with Crippen molar-refractivity contribution in [3.63, 3.8) is 0 Å². The zero-order chi connectivity index (χ0) is 8.27. The van der Waals surface area contributed by atoms with E-state index in [1.807, 2.05) is 13.8 Å². The van der Waals surface area contributed by atoms with Gasteiger partial charge in [-0.3, -0.25) is 0 Å². The molecule has 0 radical (unpaired) electrons. The molecule has 3 nitrogen and oxygen atoms in total. The van der Waals surface area contributed by atoms with Crippen molar-refractivity contribution < 1.29 is 9.84 Å². The Morgan fingerprint density at radius 3 is 2.82 bits per heavy atom. The SMILES string of the molecule is CC(C)O[C@H]1CN[C@@H](CO)C1. The summed E-state index contributed by atoms with van der Waals surface area (Å²) in [6, 6.07) is 0.249. The summed E-state index contributed by atoms with van der Waals surface area (Å²) in [6.45, 7) is 5.17. The van der Waals surface area contributed by atoms with Crippen LogP contribution in [0.4, 0.5) is 0 Å². The number of ether oxygens (including phenoxy) is 1. The maximum Gasteiger partial charge on any atom is 0.0718 e. The highest BCUT2D eigenvalue weighted by Crippen LogP contribution is 2.11. The maximum absolute atomic E-state index is 8.80. The van der Waals surface area contributed by atoms with Crippen LogP contribution in [-0.2, 0) is 4.74 Å². The predicted molar refractivity (Wildman–Crippen MR) is 43.5 cm³/mol. The van der Waals surface area contributed by atoms with Crippen molar-refractivity contribution in [2.75, 3.05) is 13.2 Å². The molecular formula is C8H17NO2. The number of hydrogen-bond acceptors (Lipinski definition) is 3. The van der Waals surface area contributed by atoms with Crippen LogP contribution in [0.3, 0.4) is 0 Å². The minimum atomic E-state index is 0.220. The molecule has 66 valence electrons. The van der Waals surface area contributed by atoms with E-state index in [0.717, 1.165) is 13.0 Å². The Morgan fingerprint density at radius 1 is 1.64 bits per heavy atom. The van der Waals surface area contributed by atoms with Gasteiger partial charge >= 0.3 is 0 Å². The van der Waals surface area contributed by atoms with Crippen LogP contribution in [-0.4, -0.2) is 36.5 Å². The molecule has 0 aromatic carbocycles. The van der Waals surface area contributed by atoms with Gasteiger partial charge in [0, 0.05) is 12.6 Å². The van der Waals surface area contributed by atoms with E-state index < -0.39 is 0 Å². The van der Waals surface area contributed by atoms with Crippen LogP contribution >= 0.6 is 0 Å². The summed E-state index contributed by atoms with van der Waals surface area (Å²) < 4.78 is 5.57. The molecule has 1 rings (SSSR count). The average molecular weight is 159 g/mol. The summed E-state index contributed by atoms with van der Waals surface area (Å²) in [7, 11) is 0. The second-order valence-corrected chi connectivity index (χ2v) is 3.33. The molecule has 1 heterocycles. The van der Waals surface area contributed by atoms with Crippen molar-refractivity contribution in [1.82, 2.24) is 5.32 Å². The summed E-state index contributed by atoms with van der Waals surface area (Å²) in [5.41, 5.74) is 0. The van der Waals surface area contributed by atoms with Gasteiger partial charge in [0.2, 0.25) is 0 Å². The third-order valence-corrected chi connectivity index (χ3v) is 1.87. The molecule has 2 N–H and O–H groups in total. The Kier molecular flexibility index (Phi) is 3.30. The number of nitrogens with one attached hydrogen (secondary N) is 1. The molecule has 0 saturated carbocycles. The molecule has 0 amide bonds. The molecule has 2 atom stereocenters. The minimum Gasteiger partial charge on any atom is -0.395 e. The van der Waals surface area contributed by atoms with E-state index in [9.17, 15) is 0 Å². The Morgan fingerprint density at radius 2 is 2.36 bits per heavy atom. The average Bonchev–Trinajstić information content (AvgIpc) is 2.34. The van der Waals surface area contributed by atoms with Gasteiger partial charge in [0.25, 0.3) is 0 Å². The molecule has 0 bridgehead atoms. The standard InChI is InChI=1S/C8H17NO2/c1-6(2)11-8-3-7(5-10)9-4-8/h6-10H,3-5H2,1-2H3/t7-,8-/m1/s1. The highest BCUT2D eigenvalue weighted by atomic mass is 16.5. The normalized spacial score (nSPS) is 31.6. The lowest BCUT2D eigenvalue weighted by Crippen LogP contribution is -2.25. The van der Waals surface area contributed by atoms with Crippen LogP contribution in [0, 0.1) is 0 Å². The fourth-order valence-corrected chi connectivity index (χ4v) is 1.41. The molecule has 0 aromatic rings. The zero-order valence-electron chi connectivity index (χ0n) is 7.21. The fraction of sp³-hybridized carbons (Fsp3) is 1.00. The van der Waals surface area contributed by atoms with Crippen molar-refractivity contribution in [2.24, 2.45) is 0 Å². The van der Waals surface area contributed by atoms with Gasteiger partial charge in [0.05, 0.1) is 18.8 Å². The van der Waals surface area contributed by atoms with Gasteiger partial charge < -0.3 is 15.2 Å². The molecule has 0 unspecified atom stereocenters. The number of aliphatic hydroxyl groups is 1. The minimum absolute atomic E-state index is 0.220. The smallest absolute Gasteiger partial charge is 0.0718 e. The summed E-state index contributed by atoms with van der Waals surface area (Å²) in [5, 5.41) is 12.0. The molecule has 1 fully saturated rings. The van der Waals surface area contributed by atoms with Crippen molar-refractivity contribution in [2.45, 2.75) is 38.5 Å². The molecule has 0 spiro atoms. The highest BCUT2D eigenvalue weighted by Gasteiger charge is 2.24. The van der Waals surface area contributed by atoms with Gasteiger partial charge in [-0.15, -0.1) is 0 Å². The maximum atomic E-state index is 8.80. The summed E-state index contributed by atoms with van der Waals surface area (Å²) >= 11 is 0. The fourth-order valence-electron chi connectivity index (χ4n) is 1.41. The number of rotatable bonds is 3. The van der Waals surface area contributed by atoms with Crippen molar-refractivity contribution in [3.8, 4) is 0 Å². The Hall–Kier alpha value is -0.120. The quantitative estimate of drug-likeness (QED) is 0.615. The molecule has 3 heteroatoms. The van der Waals surface area contributed by atoms with E-state index in [1.165, 1.54) is 0 Å². The molecule has 0 aromatic heterocycles. The van der Waals surface area contributed by atoms with Gasteiger partial charge in [-0.1, -0.05) is 0 Å². The summed E-state index contributed by atoms with van der Waals surface area (Å²) in [5.74, 6) is 0. The van der Waals surface area contributed by atoms with Gasteiger partial charge in [0.15, 0.2) is 0 Å². The Labute approximate surface area is 67.7 Å². The monoisotopic (exact) mass is 159 g/mol. The second-order valence-electron chi connectivity index (χ2n) is 3.33. The molecule has 1 saturated heterocycles. The third-order valence-electron chi connectivity index (χ3n) is 1.87. The van der Waals surface area contributed by atoms with Crippen LogP contribution < -0.4 is 5.32 Å². The first kappa shape index (κ1) is 8.97. The van der Waals surface area contributed by atoms with E-state index in [1.54, 1.807) is 0 Å². The van der Waals surface area contributed by atoms with E-state index in [-0.39, 0.29) is 12.6 Å². The lowest BCUT2D eigenvalue weighted by molar-refractivity contribution is 0.0177.